The lowest BCUT2D eigenvalue weighted by Crippen LogP contribution is -2.61. The van der Waals surface area contributed by atoms with Gasteiger partial charge in [-0.1, -0.05) is 46.5 Å². The van der Waals surface area contributed by atoms with Gasteiger partial charge in [0.2, 0.25) is 0 Å². The van der Waals surface area contributed by atoms with E-state index < -0.39 is 43.1 Å². The molecular formula is C16H25Cl2F9Si. The Balaban J connectivity index is 4.82. The molecule has 0 spiro atoms. The van der Waals surface area contributed by atoms with E-state index in [0.29, 0.717) is 12.3 Å². The highest BCUT2D eigenvalue weighted by Gasteiger charge is 2.81. The minimum Gasteiger partial charge on any atom is -0.200 e. The maximum absolute atomic E-state index is 13.6. The highest BCUT2D eigenvalue weighted by Crippen LogP contribution is 2.55. The summed E-state index contributed by atoms with van der Waals surface area (Å²) in [6.07, 6.45) is -5.60. The topological polar surface area (TPSA) is 0 Å². The van der Waals surface area contributed by atoms with Crippen molar-refractivity contribution in [3.8, 4) is 0 Å². The summed E-state index contributed by atoms with van der Waals surface area (Å²) >= 11 is 11.9. The molecule has 0 rings (SSSR count). The molecule has 0 bridgehead atoms. The van der Waals surface area contributed by atoms with E-state index in [-0.39, 0.29) is 12.0 Å². The Kier molecular flexibility index (Phi) is 10.0. The molecule has 1 atom stereocenters. The fourth-order valence-electron chi connectivity index (χ4n) is 2.51. The molecule has 0 N–H and O–H groups in total. The van der Waals surface area contributed by atoms with Gasteiger partial charge in [-0.15, -0.1) is 22.2 Å². The molecule has 0 aliphatic carbocycles. The maximum atomic E-state index is 13.6. The van der Waals surface area contributed by atoms with Crippen LogP contribution in [0.2, 0.25) is 12.1 Å². The first kappa shape index (κ1) is 28.2. The van der Waals surface area contributed by atoms with Crippen molar-refractivity contribution in [3.05, 3.63) is 0 Å². The minimum absolute atomic E-state index is 0.0519. The van der Waals surface area contributed by atoms with Crippen LogP contribution in [0.4, 0.5) is 39.5 Å². The molecular weight excluding hydrogens is 462 g/mol. The molecule has 0 aromatic heterocycles. The molecule has 0 heterocycles. The highest BCUT2D eigenvalue weighted by atomic mass is 35.7. The van der Waals surface area contributed by atoms with Gasteiger partial charge >= 0.3 is 23.9 Å². The number of rotatable bonds is 12. The van der Waals surface area contributed by atoms with Crippen LogP contribution in [0.15, 0.2) is 0 Å². The third-order valence-electron chi connectivity index (χ3n) is 4.50. The average molecular weight is 487 g/mol. The van der Waals surface area contributed by atoms with Crippen molar-refractivity contribution in [2.45, 2.75) is 88.9 Å². The van der Waals surface area contributed by atoms with Crippen molar-refractivity contribution < 1.29 is 39.5 Å². The van der Waals surface area contributed by atoms with Gasteiger partial charge in [0, 0.05) is 6.42 Å². The van der Waals surface area contributed by atoms with Crippen LogP contribution in [0.5, 0.6) is 0 Å². The first-order valence-electron chi connectivity index (χ1n) is 8.85. The molecule has 0 saturated carbocycles. The molecule has 28 heavy (non-hydrogen) atoms. The Morgan fingerprint density at radius 2 is 1.21 bits per heavy atom. The zero-order chi connectivity index (χ0) is 22.6. The van der Waals surface area contributed by atoms with Gasteiger partial charge in [0.05, 0.1) is 0 Å². The van der Waals surface area contributed by atoms with Crippen molar-refractivity contribution in [1.29, 1.82) is 0 Å². The van der Waals surface area contributed by atoms with Gasteiger partial charge in [0.15, 0.2) is 0 Å². The lowest BCUT2D eigenvalue weighted by atomic mass is 9.98. The molecule has 0 aliphatic heterocycles. The highest BCUT2D eigenvalue weighted by molar-refractivity contribution is 7.45. The van der Waals surface area contributed by atoms with Crippen molar-refractivity contribution >= 4 is 28.9 Å². The van der Waals surface area contributed by atoms with Crippen molar-refractivity contribution in [1.82, 2.24) is 0 Å². The Morgan fingerprint density at radius 3 is 1.64 bits per heavy atom. The number of hydrogen-bond donors (Lipinski definition) is 0. The summed E-state index contributed by atoms with van der Waals surface area (Å²) in [4.78, 5) is 0. The van der Waals surface area contributed by atoms with Crippen LogP contribution in [-0.2, 0) is 0 Å². The van der Waals surface area contributed by atoms with Gasteiger partial charge in [-0.2, -0.15) is 39.5 Å². The largest absolute Gasteiger partial charge is 0.460 e. The molecule has 0 unspecified atom stereocenters. The van der Waals surface area contributed by atoms with E-state index in [1.165, 1.54) is 0 Å². The zero-order valence-corrected chi connectivity index (χ0v) is 18.3. The average Bonchev–Trinajstić information content (AvgIpc) is 2.49. The van der Waals surface area contributed by atoms with Crippen LogP contribution in [-0.4, -0.2) is 30.6 Å². The van der Waals surface area contributed by atoms with E-state index in [4.69, 9.17) is 22.2 Å². The Morgan fingerprint density at radius 1 is 0.714 bits per heavy atom. The van der Waals surface area contributed by atoms with Crippen LogP contribution in [0.3, 0.4) is 0 Å². The third-order valence-corrected chi connectivity index (χ3v) is 8.77. The fourth-order valence-corrected chi connectivity index (χ4v) is 5.57. The summed E-state index contributed by atoms with van der Waals surface area (Å²) in [5, 5.41) is 0. The molecule has 0 aromatic carbocycles. The smallest absolute Gasteiger partial charge is 0.200 e. The molecule has 0 aliphatic rings. The quantitative estimate of drug-likeness (QED) is 0.147. The van der Waals surface area contributed by atoms with Crippen LogP contribution in [0, 0.1) is 11.8 Å². The monoisotopic (exact) mass is 486 g/mol. The second-order valence-electron chi connectivity index (χ2n) is 7.68. The van der Waals surface area contributed by atoms with Crippen molar-refractivity contribution in [3.63, 3.8) is 0 Å². The summed E-state index contributed by atoms with van der Waals surface area (Å²) in [6, 6.07) is -0.873. The van der Waals surface area contributed by atoms with E-state index in [2.05, 4.69) is 13.8 Å². The molecule has 0 saturated heterocycles. The standard InChI is InChI=1S/C16H25Cl2F9Si/c1-11(2)5-4-6-12(3)7-9-28(17,18)10-8-13(19,20)14(21,22)15(23,24)16(25,26)27/h11-12H,4-10H2,1-3H3/t12-/m0/s1. The van der Waals surface area contributed by atoms with Crippen LogP contribution in [0.25, 0.3) is 0 Å². The normalized spacial score (nSPS) is 16.0. The first-order valence-corrected chi connectivity index (χ1v) is 13.3. The number of hydrogen-bond acceptors (Lipinski definition) is 0. The molecule has 12 heteroatoms. The van der Waals surface area contributed by atoms with E-state index in [9.17, 15) is 39.5 Å². The molecule has 0 aromatic rings. The Hall–Kier alpha value is 0.167. The zero-order valence-electron chi connectivity index (χ0n) is 15.8. The molecule has 0 fully saturated rings. The fraction of sp³-hybridized carbons (Fsp3) is 1.00. The lowest BCUT2D eigenvalue weighted by Gasteiger charge is -2.34. The van der Waals surface area contributed by atoms with Crippen molar-refractivity contribution in [2.75, 3.05) is 0 Å². The predicted molar refractivity (Wildman–Crippen MR) is 95.1 cm³/mol. The maximum Gasteiger partial charge on any atom is 0.460 e. The molecule has 0 radical (unpaired) electrons. The van der Waals surface area contributed by atoms with Gasteiger partial charge in [-0.3, -0.25) is 0 Å². The summed E-state index contributed by atoms with van der Waals surface area (Å²) in [6.45, 7) is 2.47. The predicted octanol–water partition coefficient (Wildman–Crippen LogP) is 8.62. The van der Waals surface area contributed by atoms with E-state index >= 15 is 0 Å². The summed E-state index contributed by atoms with van der Waals surface area (Å²) < 4.78 is 116. The van der Waals surface area contributed by atoms with Gasteiger partial charge in [0.1, 0.15) is 0 Å². The SMILES string of the molecule is CC(C)CCC[C@H](C)CC[Si](Cl)(Cl)CCC(F)(F)C(F)(F)C(F)(F)C(F)(F)F. The minimum atomic E-state index is -6.88. The van der Waals surface area contributed by atoms with Crippen molar-refractivity contribution in [2.24, 2.45) is 11.8 Å². The second kappa shape index (κ2) is 9.98. The first-order chi connectivity index (χ1) is 12.3. The number of alkyl halides is 9. The van der Waals surface area contributed by atoms with Gasteiger partial charge < -0.3 is 0 Å². The Labute approximate surface area is 169 Å². The number of halogens is 11. The molecule has 170 valence electrons. The van der Waals surface area contributed by atoms with E-state index in [1.54, 1.807) is 0 Å². The van der Waals surface area contributed by atoms with Gasteiger partial charge in [-0.25, -0.2) is 0 Å². The summed E-state index contributed by atoms with van der Waals surface area (Å²) in [5.74, 6) is -18.4. The van der Waals surface area contributed by atoms with E-state index in [0.717, 1.165) is 19.3 Å². The van der Waals surface area contributed by atoms with Gasteiger partial charge in [-0.05, 0) is 23.9 Å². The van der Waals surface area contributed by atoms with E-state index in [1.807, 2.05) is 6.92 Å². The summed E-state index contributed by atoms with van der Waals surface area (Å²) in [7, 11) is 0. The molecule has 0 nitrogen and oxygen atoms in total. The third kappa shape index (κ3) is 7.78. The van der Waals surface area contributed by atoms with Gasteiger partial charge in [0.25, 0.3) is 6.69 Å². The second-order valence-corrected chi connectivity index (χ2v) is 15.3. The molecule has 0 amide bonds. The van der Waals surface area contributed by atoms with Crippen LogP contribution >= 0.6 is 22.2 Å². The lowest BCUT2D eigenvalue weighted by molar-refractivity contribution is -0.396. The summed E-state index contributed by atoms with van der Waals surface area (Å²) in [5.41, 5.74) is 0. The van der Waals surface area contributed by atoms with Crippen LogP contribution in [0.1, 0.15) is 52.9 Å². The van der Waals surface area contributed by atoms with Crippen LogP contribution < -0.4 is 0 Å². The Bertz CT molecular complexity index is 479.